The van der Waals surface area contributed by atoms with E-state index in [9.17, 15) is 9.59 Å². The van der Waals surface area contributed by atoms with Gasteiger partial charge >= 0.3 is 5.97 Å². The molecule has 0 aliphatic carbocycles. The maximum absolute atomic E-state index is 13.5. The molecule has 5 rings (SSSR count). The Morgan fingerprint density at radius 3 is 2.25 bits per heavy atom. The first-order chi connectivity index (χ1) is 21.4. The SMILES string of the molecule is COc1cc(C(=O)O[C@H]2CCCn3ncc4c(C)cc(cc43)C(=O)NCCCN3CCCN(CC2)CC3)cc(OC)c1OC. The summed E-state index contributed by atoms with van der Waals surface area (Å²) in [6, 6.07) is 7.13. The lowest BCUT2D eigenvalue weighted by Gasteiger charge is -2.25. The number of carbonyl (C=O) groups excluding carboxylic acids is 2. The fourth-order valence-electron chi connectivity index (χ4n) is 6.21. The van der Waals surface area contributed by atoms with Crippen LogP contribution in [0.1, 0.15) is 58.4 Å². The molecule has 0 radical (unpaired) electrons. The Morgan fingerprint density at radius 2 is 1.55 bits per heavy atom. The van der Waals surface area contributed by atoms with Crippen molar-refractivity contribution in [2.75, 3.05) is 67.1 Å². The third-order valence-electron chi connectivity index (χ3n) is 8.69. The minimum absolute atomic E-state index is 0.0542. The smallest absolute Gasteiger partial charge is 0.338 e. The maximum atomic E-state index is 13.5. The Bertz CT molecular complexity index is 1430. The standard InChI is InChI=1S/C33H45N5O6/c1-23-18-24-19-28-27(23)22-35-38(28)14-5-8-26(44-33(40)25-20-29(41-2)31(43-4)30(21-25)42-3)9-15-37-13-7-12-36(16-17-37)11-6-10-34-32(24)39/h18-22,26H,5-17H2,1-4H3,(H,34,39)/t26-/m0/s1. The molecule has 1 amide bonds. The lowest BCUT2D eigenvalue weighted by molar-refractivity contribution is 0.0227. The van der Waals surface area contributed by atoms with Crippen LogP contribution in [0.15, 0.2) is 30.5 Å². The van der Waals surface area contributed by atoms with Gasteiger partial charge < -0.3 is 34.1 Å². The monoisotopic (exact) mass is 607 g/mol. The number of aromatic nitrogens is 2. The van der Waals surface area contributed by atoms with Gasteiger partial charge in [-0.25, -0.2) is 4.79 Å². The maximum Gasteiger partial charge on any atom is 0.338 e. The molecule has 238 valence electrons. The number of nitrogens with one attached hydrogen (secondary N) is 1. The summed E-state index contributed by atoms with van der Waals surface area (Å²) in [5.41, 5.74) is 2.96. The highest BCUT2D eigenvalue weighted by Gasteiger charge is 2.23. The Morgan fingerprint density at radius 1 is 0.841 bits per heavy atom. The van der Waals surface area contributed by atoms with Crippen molar-refractivity contribution in [2.24, 2.45) is 0 Å². The zero-order valence-electron chi connectivity index (χ0n) is 26.4. The van der Waals surface area contributed by atoms with Crippen molar-refractivity contribution in [1.29, 1.82) is 0 Å². The van der Waals surface area contributed by atoms with Crippen LogP contribution in [0.3, 0.4) is 0 Å². The van der Waals surface area contributed by atoms with Crippen LogP contribution in [0.2, 0.25) is 0 Å². The topological polar surface area (TPSA) is 107 Å². The van der Waals surface area contributed by atoms with Crippen molar-refractivity contribution >= 4 is 22.8 Å². The Balaban J connectivity index is 1.37. The highest BCUT2D eigenvalue weighted by Crippen LogP contribution is 2.38. The quantitative estimate of drug-likeness (QED) is 0.432. The first-order valence-electron chi connectivity index (χ1n) is 15.6. The minimum Gasteiger partial charge on any atom is -0.493 e. The predicted molar refractivity (Wildman–Crippen MR) is 168 cm³/mol. The highest BCUT2D eigenvalue weighted by atomic mass is 16.5. The van der Waals surface area contributed by atoms with Crippen molar-refractivity contribution < 1.29 is 28.5 Å². The van der Waals surface area contributed by atoms with Crippen molar-refractivity contribution in [3.8, 4) is 17.2 Å². The van der Waals surface area contributed by atoms with Gasteiger partial charge in [0.25, 0.3) is 5.91 Å². The van der Waals surface area contributed by atoms with Crippen molar-refractivity contribution in [3.05, 3.63) is 47.2 Å². The summed E-state index contributed by atoms with van der Waals surface area (Å²) >= 11 is 0. The van der Waals surface area contributed by atoms with Crippen LogP contribution in [0.25, 0.3) is 10.9 Å². The molecular formula is C33H45N5O6. The number of methoxy groups -OCH3 is 3. The van der Waals surface area contributed by atoms with Gasteiger partial charge in [0.05, 0.1) is 38.6 Å². The fraction of sp³-hybridized carbons (Fsp3) is 0.545. The van der Waals surface area contributed by atoms with E-state index in [0.29, 0.717) is 47.9 Å². The number of fused-ring (bicyclic) bond motifs is 4. The van der Waals surface area contributed by atoms with E-state index in [4.69, 9.17) is 18.9 Å². The van der Waals surface area contributed by atoms with Crippen LogP contribution in [0.4, 0.5) is 0 Å². The number of hydrogen-bond donors (Lipinski definition) is 1. The number of nitrogens with zero attached hydrogens (tertiary/aromatic N) is 4. The molecule has 3 heterocycles. The van der Waals surface area contributed by atoms with Gasteiger partial charge in [-0.1, -0.05) is 0 Å². The summed E-state index contributed by atoms with van der Waals surface area (Å²) in [7, 11) is 4.58. The number of amides is 1. The molecule has 3 aromatic rings. The average Bonchev–Trinajstić information content (AvgIpc) is 3.30. The molecule has 11 nitrogen and oxygen atoms in total. The third kappa shape index (κ3) is 7.44. The molecule has 4 bridgehead atoms. The molecule has 2 aliphatic heterocycles. The molecule has 1 aromatic heterocycles. The number of rotatable bonds is 5. The lowest BCUT2D eigenvalue weighted by atomic mass is 10.1. The third-order valence-corrected chi connectivity index (χ3v) is 8.69. The number of ether oxygens (including phenoxy) is 4. The Hall–Kier alpha value is -3.83. The molecule has 11 heteroatoms. The molecule has 44 heavy (non-hydrogen) atoms. The number of benzene rings is 2. The molecule has 2 aliphatic rings. The van der Waals surface area contributed by atoms with Gasteiger partial charge in [0.15, 0.2) is 11.5 Å². The second kappa shape index (κ2) is 14.8. The van der Waals surface area contributed by atoms with E-state index in [1.807, 2.05) is 29.9 Å². The fourth-order valence-corrected chi connectivity index (χ4v) is 6.21. The largest absolute Gasteiger partial charge is 0.493 e. The first-order valence-corrected chi connectivity index (χ1v) is 15.6. The van der Waals surface area contributed by atoms with Gasteiger partial charge in [0, 0.05) is 43.7 Å². The van der Waals surface area contributed by atoms with Gasteiger partial charge in [-0.15, -0.1) is 0 Å². The average molecular weight is 608 g/mol. The zero-order valence-corrected chi connectivity index (χ0v) is 26.4. The van der Waals surface area contributed by atoms with Gasteiger partial charge in [0.2, 0.25) is 5.75 Å². The van der Waals surface area contributed by atoms with Gasteiger partial charge in [-0.2, -0.15) is 5.10 Å². The van der Waals surface area contributed by atoms with E-state index in [1.165, 1.54) is 21.3 Å². The predicted octanol–water partition coefficient (Wildman–Crippen LogP) is 3.91. The molecule has 2 unspecified atom stereocenters. The Labute approximate surface area is 259 Å². The number of aryl methyl sites for hydroxylation is 2. The summed E-state index contributed by atoms with van der Waals surface area (Å²) in [4.78, 5) is 31.5. The van der Waals surface area contributed by atoms with Crippen LogP contribution >= 0.6 is 0 Å². The van der Waals surface area contributed by atoms with E-state index in [2.05, 4.69) is 20.2 Å². The summed E-state index contributed by atoms with van der Waals surface area (Å²) in [6.07, 6.45) is 5.74. The molecular weight excluding hydrogens is 562 g/mol. The van der Waals surface area contributed by atoms with Gasteiger partial charge in [0.1, 0.15) is 6.10 Å². The second-order valence-corrected chi connectivity index (χ2v) is 11.6. The molecule has 2 aromatic carbocycles. The molecule has 1 N–H and O–H groups in total. The zero-order chi connectivity index (χ0) is 31.1. The lowest BCUT2D eigenvalue weighted by Crippen LogP contribution is -2.34. The van der Waals surface area contributed by atoms with Crippen LogP contribution < -0.4 is 19.5 Å². The highest BCUT2D eigenvalue weighted by molar-refractivity contribution is 5.98. The van der Waals surface area contributed by atoms with Gasteiger partial charge in [-0.05, 0) is 88.5 Å². The number of esters is 1. The van der Waals surface area contributed by atoms with Crippen LogP contribution in [-0.4, -0.2) is 105 Å². The van der Waals surface area contributed by atoms with E-state index in [0.717, 1.165) is 81.4 Å². The Kier molecular flexibility index (Phi) is 10.6. The molecule has 3 atom stereocenters. The summed E-state index contributed by atoms with van der Waals surface area (Å²) in [6.45, 7) is 9.13. The van der Waals surface area contributed by atoms with Crippen LogP contribution in [-0.2, 0) is 11.3 Å². The summed E-state index contributed by atoms with van der Waals surface area (Å²) < 4.78 is 24.5. The molecule has 1 fully saturated rings. The normalized spacial score (nSPS) is 21.9. The molecule has 1 saturated heterocycles. The van der Waals surface area contributed by atoms with E-state index >= 15 is 0 Å². The number of carbonyl (C=O) groups is 2. The summed E-state index contributed by atoms with van der Waals surface area (Å²) in [5.74, 6) is 0.757. The minimum atomic E-state index is -0.425. The van der Waals surface area contributed by atoms with Crippen molar-refractivity contribution in [3.63, 3.8) is 0 Å². The van der Waals surface area contributed by atoms with Crippen molar-refractivity contribution in [2.45, 2.75) is 51.7 Å². The van der Waals surface area contributed by atoms with Crippen LogP contribution in [0, 0.1) is 6.92 Å². The van der Waals surface area contributed by atoms with E-state index in [-0.39, 0.29) is 12.0 Å². The van der Waals surface area contributed by atoms with Crippen molar-refractivity contribution in [1.82, 2.24) is 24.9 Å². The van der Waals surface area contributed by atoms with Gasteiger partial charge in [-0.3, -0.25) is 9.48 Å². The molecule has 0 saturated carbocycles. The first kappa shape index (κ1) is 31.6. The number of hydrogen-bond acceptors (Lipinski definition) is 9. The van der Waals surface area contributed by atoms with Crippen LogP contribution in [0.5, 0.6) is 17.2 Å². The second-order valence-electron chi connectivity index (χ2n) is 11.6. The summed E-state index contributed by atoms with van der Waals surface area (Å²) in [5, 5.41) is 8.79. The van der Waals surface area contributed by atoms with E-state index < -0.39 is 5.97 Å². The van der Waals surface area contributed by atoms with E-state index in [1.54, 1.807) is 12.1 Å². The molecule has 0 spiro atoms.